The highest BCUT2D eigenvalue weighted by molar-refractivity contribution is 7.09. The number of hydrogen-bond acceptors (Lipinski definition) is 8. The molecule has 1 aromatic rings. The monoisotopic (exact) mass is 493 g/mol. The molecule has 8 heteroatoms. The number of aliphatic hydroxyl groups is 2. The Morgan fingerprint density at radius 1 is 1.21 bits per heavy atom. The Labute approximate surface area is 206 Å². The summed E-state index contributed by atoms with van der Waals surface area (Å²) in [4.78, 5) is 30.5. The molecule has 0 aromatic carbocycles. The largest absolute Gasteiger partial charge is 0.458 e. The van der Waals surface area contributed by atoms with Crippen molar-refractivity contribution in [1.82, 2.24) is 4.98 Å². The van der Waals surface area contributed by atoms with Crippen LogP contribution >= 0.6 is 11.3 Å². The second kappa shape index (κ2) is 11.0. The van der Waals surface area contributed by atoms with E-state index in [0.29, 0.717) is 6.42 Å². The number of epoxide rings is 1. The van der Waals surface area contributed by atoms with E-state index in [0.717, 1.165) is 35.5 Å². The topological polar surface area (TPSA) is 109 Å². The predicted molar refractivity (Wildman–Crippen MR) is 131 cm³/mol. The van der Waals surface area contributed by atoms with E-state index in [-0.39, 0.29) is 30.3 Å². The van der Waals surface area contributed by atoms with Gasteiger partial charge in [-0.15, -0.1) is 11.3 Å². The minimum Gasteiger partial charge on any atom is -0.458 e. The van der Waals surface area contributed by atoms with Crippen molar-refractivity contribution in [2.75, 3.05) is 0 Å². The third-order valence-electron chi connectivity index (χ3n) is 7.41. The highest BCUT2D eigenvalue weighted by atomic mass is 32.1. The van der Waals surface area contributed by atoms with Crippen LogP contribution in [0.5, 0.6) is 0 Å². The molecule has 0 radical (unpaired) electrons. The number of ether oxygens (including phenoxy) is 2. The fraction of sp³-hybridized carbons (Fsp3) is 0.731. The van der Waals surface area contributed by atoms with Gasteiger partial charge in [-0.2, -0.15) is 0 Å². The summed E-state index contributed by atoms with van der Waals surface area (Å²) in [5.41, 5.74) is 0.494. The van der Waals surface area contributed by atoms with Crippen molar-refractivity contribution in [2.24, 2.45) is 17.3 Å². The van der Waals surface area contributed by atoms with Crippen LogP contribution in [-0.2, 0) is 19.1 Å². The van der Waals surface area contributed by atoms with Crippen LogP contribution in [0.1, 0.15) is 77.4 Å². The molecular weight excluding hydrogens is 454 g/mol. The highest BCUT2D eigenvalue weighted by Gasteiger charge is 2.44. The first-order valence-corrected chi connectivity index (χ1v) is 13.1. The van der Waals surface area contributed by atoms with Gasteiger partial charge in [0.15, 0.2) is 0 Å². The molecule has 7 atom stereocenters. The van der Waals surface area contributed by atoms with Crippen molar-refractivity contribution in [1.29, 1.82) is 0 Å². The van der Waals surface area contributed by atoms with Gasteiger partial charge in [-0.3, -0.25) is 9.59 Å². The third-order valence-corrected chi connectivity index (χ3v) is 8.20. The summed E-state index contributed by atoms with van der Waals surface area (Å²) in [6.07, 6.45) is 2.28. The maximum atomic E-state index is 13.2. The van der Waals surface area contributed by atoms with E-state index in [1.807, 2.05) is 32.2 Å². The molecule has 2 saturated heterocycles. The number of thiazole rings is 1. The number of carbonyl (C=O) groups excluding carboxylic acids is 2. The number of nitrogens with zero attached hydrogens (tertiary/aromatic N) is 1. The van der Waals surface area contributed by atoms with Crippen molar-refractivity contribution in [3.05, 3.63) is 21.7 Å². The van der Waals surface area contributed by atoms with Crippen LogP contribution < -0.4 is 0 Å². The van der Waals surface area contributed by atoms with Crippen molar-refractivity contribution in [3.63, 3.8) is 0 Å². The number of hydrogen-bond donors (Lipinski definition) is 2. The zero-order valence-corrected chi connectivity index (χ0v) is 21.9. The average Bonchev–Trinajstić information content (AvgIpc) is 3.38. The van der Waals surface area contributed by atoms with Gasteiger partial charge in [0.25, 0.3) is 0 Å². The quantitative estimate of drug-likeness (QED) is 0.472. The van der Waals surface area contributed by atoms with Gasteiger partial charge in [-0.05, 0) is 44.3 Å². The number of Topliss-reactive ketones (excluding diaryl/α,β-unsaturated/α-hetero) is 1. The minimum atomic E-state index is -1.22. The Kier molecular flexibility index (Phi) is 8.71. The first-order chi connectivity index (χ1) is 15.9. The number of aliphatic hydroxyl groups excluding tert-OH is 2. The van der Waals surface area contributed by atoms with Crippen LogP contribution in [0.15, 0.2) is 11.0 Å². The van der Waals surface area contributed by atoms with Crippen molar-refractivity contribution in [2.45, 2.75) is 104 Å². The summed E-state index contributed by atoms with van der Waals surface area (Å²) < 4.78 is 11.7. The summed E-state index contributed by atoms with van der Waals surface area (Å²) in [5.74, 6) is -1.52. The van der Waals surface area contributed by atoms with Crippen molar-refractivity contribution < 1.29 is 29.3 Å². The molecule has 2 fully saturated rings. The molecule has 0 saturated carbocycles. The molecule has 2 N–H and O–H groups in total. The van der Waals surface area contributed by atoms with Gasteiger partial charge >= 0.3 is 5.97 Å². The van der Waals surface area contributed by atoms with Crippen LogP contribution in [0, 0.1) is 24.2 Å². The summed E-state index contributed by atoms with van der Waals surface area (Å²) in [7, 11) is 0. The first kappa shape index (κ1) is 27.0. The second-order valence-corrected chi connectivity index (χ2v) is 11.7. The summed E-state index contributed by atoms with van der Waals surface area (Å²) in [6.45, 7) is 10.8. The van der Waals surface area contributed by atoms with E-state index in [2.05, 4.69) is 4.98 Å². The number of ketones is 1. The number of esters is 1. The first-order valence-electron chi connectivity index (χ1n) is 12.3. The molecule has 34 heavy (non-hydrogen) atoms. The zero-order chi connectivity index (χ0) is 25.2. The Hall–Kier alpha value is -1.61. The summed E-state index contributed by atoms with van der Waals surface area (Å²) in [5, 5.41) is 24.5. The lowest BCUT2D eigenvalue weighted by Gasteiger charge is -2.34. The summed E-state index contributed by atoms with van der Waals surface area (Å²) in [6, 6.07) is 0. The molecule has 7 nitrogen and oxygen atoms in total. The lowest BCUT2D eigenvalue weighted by atomic mass is 9.73. The Morgan fingerprint density at radius 3 is 2.56 bits per heavy atom. The molecule has 0 aliphatic carbocycles. The highest BCUT2D eigenvalue weighted by Crippen LogP contribution is 2.36. The van der Waals surface area contributed by atoms with E-state index >= 15 is 0 Å². The van der Waals surface area contributed by atoms with Gasteiger partial charge in [0, 0.05) is 17.7 Å². The standard InChI is InChI=1S/C26H39NO6S/c1-14-8-7-9-19-21(32-19)11-20(15(2)10-18-13-34-17(4)27-18)33-23(29)12-22(28)26(5,6)25(31)16(3)24(14)30/h10,13-14,16,19-22,24,28,30H,7-9,11-12H2,1-6H3/b15-10+/t14-,16+,19?,20-,21+,22-,24-/m0/s1. The van der Waals surface area contributed by atoms with E-state index in [1.165, 1.54) is 0 Å². The lowest BCUT2D eigenvalue weighted by Crippen LogP contribution is -2.45. The lowest BCUT2D eigenvalue weighted by molar-refractivity contribution is -0.154. The molecule has 1 unspecified atom stereocenters. The number of aryl methyl sites for hydroxylation is 1. The Balaban J connectivity index is 1.81. The Morgan fingerprint density at radius 2 is 1.91 bits per heavy atom. The van der Waals surface area contributed by atoms with Gasteiger partial charge in [-0.25, -0.2) is 4.98 Å². The molecule has 3 rings (SSSR count). The van der Waals surface area contributed by atoms with Crippen LogP contribution in [0.4, 0.5) is 0 Å². The van der Waals surface area contributed by atoms with Crippen LogP contribution in [0.3, 0.4) is 0 Å². The smallest absolute Gasteiger partial charge is 0.309 e. The fourth-order valence-electron chi connectivity index (χ4n) is 4.78. The molecule has 0 spiro atoms. The normalized spacial score (nSPS) is 36.0. The number of fused-ring (bicyclic) bond motifs is 1. The van der Waals surface area contributed by atoms with Crippen LogP contribution in [0.25, 0.3) is 6.08 Å². The molecule has 1 aromatic heterocycles. The number of carbonyl (C=O) groups is 2. The van der Waals surface area contributed by atoms with E-state index in [9.17, 15) is 19.8 Å². The van der Waals surface area contributed by atoms with Crippen LogP contribution in [-0.4, -0.2) is 57.5 Å². The zero-order valence-electron chi connectivity index (χ0n) is 21.1. The SMILES string of the molecule is C/C(=C\c1csc(C)n1)[C@@H]1C[C@H]2OC2CCC[C@H](C)[C@H](O)[C@@H](C)C(=O)C(C)(C)[C@@H](O)CC(=O)O1. The maximum Gasteiger partial charge on any atom is 0.309 e. The Bertz CT molecular complexity index is 909. The van der Waals surface area contributed by atoms with Crippen LogP contribution in [0.2, 0.25) is 0 Å². The van der Waals surface area contributed by atoms with Crippen molar-refractivity contribution in [3.8, 4) is 0 Å². The van der Waals surface area contributed by atoms with Gasteiger partial charge in [0.05, 0.1) is 47.0 Å². The number of cyclic esters (lactones) is 1. The third kappa shape index (κ3) is 6.53. The van der Waals surface area contributed by atoms with E-state index in [4.69, 9.17) is 9.47 Å². The molecule has 0 amide bonds. The molecular formula is C26H39NO6S. The maximum absolute atomic E-state index is 13.2. The predicted octanol–water partition coefficient (Wildman–Crippen LogP) is 4.09. The fourth-order valence-corrected chi connectivity index (χ4v) is 5.35. The van der Waals surface area contributed by atoms with Gasteiger partial charge in [-0.1, -0.05) is 34.1 Å². The van der Waals surface area contributed by atoms with E-state index < -0.39 is 35.6 Å². The molecule has 3 heterocycles. The molecule has 2 aliphatic heterocycles. The van der Waals surface area contributed by atoms with Gasteiger partial charge in [0.1, 0.15) is 11.9 Å². The minimum absolute atomic E-state index is 0.00770. The van der Waals surface area contributed by atoms with Gasteiger partial charge in [0.2, 0.25) is 0 Å². The number of rotatable bonds is 2. The van der Waals surface area contributed by atoms with Gasteiger partial charge < -0.3 is 19.7 Å². The second-order valence-electron chi connectivity index (χ2n) is 10.6. The molecule has 0 bridgehead atoms. The number of aromatic nitrogens is 1. The molecule has 190 valence electrons. The molecule has 2 aliphatic rings. The average molecular weight is 494 g/mol. The summed E-state index contributed by atoms with van der Waals surface area (Å²) >= 11 is 1.56. The van der Waals surface area contributed by atoms with E-state index in [1.54, 1.807) is 32.1 Å². The van der Waals surface area contributed by atoms with Crippen molar-refractivity contribution >= 4 is 29.2 Å².